The number of nitrogens with zero attached hydrogens (tertiary/aromatic N) is 3. The van der Waals surface area contributed by atoms with E-state index < -0.39 is 0 Å². The smallest absolute Gasteiger partial charge is 0.164 e. The number of fused-ring (bicyclic) bond motifs is 6. The molecule has 0 bridgehead atoms. The maximum absolute atomic E-state index is 6.26. The molecule has 8 aromatic carbocycles. The highest BCUT2D eigenvalue weighted by molar-refractivity contribution is 6.18. The molecule has 1 aliphatic carbocycles. The van der Waals surface area contributed by atoms with E-state index in [2.05, 4.69) is 140 Å². The SMILES string of the molecule is c1ccc(-c2cccc(-c3nc(-c4ccc(-c5ccc6c7c(cccc57)-c5ccccc5-6)cc4)nc(-c4cccc5oc6ccccc6c45)n3)c2)cc1. The Balaban J connectivity index is 1.06. The molecule has 0 spiro atoms. The minimum Gasteiger partial charge on any atom is -0.456 e. The van der Waals surface area contributed by atoms with E-state index in [1.54, 1.807) is 0 Å². The molecule has 0 saturated heterocycles. The van der Waals surface area contributed by atoms with Crippen LogP contribution in [-0.4, -0.2) is 15.0 Å². The van der Waals surface area contributed by atoms with Crippen molar-refractivity contribution < 1.29 is 4.42 Å². The largest absolute Gasteiger partial charge is 0.456 e. The van der Waals surface area contributed by atoms with Crippen LogP contribution in [0.2, 0.25) is 0 Å². The molecule has 0 aliphatic heterocycles. The van der Waals surface area contributed by atoms with Crippen LogP contribution < -0.4 is 0 Å². The quantitative estimate of drug-likeness (QED) is 0.182. The summed E-state index contributed by atoms with van der Waals surface area (Å²) in [6.45, 7) is 0. The van der Waals surface area contributed by atoms with Crippen molar-refractivity contribution >= 4 is 32.7 Å². The Hall–Kier alpha value is -7.17. The molecule has 4 nitrogen and oxygen atoms in total. The lowest BCUT2D eigenvalue weighted by Gasteiger charge is -2.12. The fraction of sp³-hybridized carbons (Fsp3) is 0. The number of hydrogen-bond acceptors (Lipinski definition) is 4. The Kier molecular flexibility index (Phi) is 6.52. The summed E-state index contributed by atoms with van der Waals surface area (Å²) in [5, 5.41) is 4.60. The molecule has 246 valence electrons. The van der Waals surface area contributed by atoms with Gasteiger partial charge in [-0.15, -0.1) is 0 Å². The Bertz CT molecular complexity index is 3020. The zero-order valence-corrected chi connectivity index (χ0v) is 28.5. The summed E-state index contributed by atoms with van der Waals surface area (Å²) in [5.41, 5.74) is 14.2. The van der Waals surface area contributed by atoms with Crippen LogP contribution in [0.25, 0.3) is 111 Å². The topological polar surface area (TPSA) is 51.8 Å². The molecule has 1 aliphatic rings. The highest BCUT2D eigenvalue weighted by Gasteiger charge is 2.23. The van der Waals surface area contributed by atoms with Crippen LogP contribution in [0.5, 0.6) is 0 Å². The van der Waals surface area contributed by atoms with Gasteiger partial charge >= 0.3 is 0 Å². The molecule has 0 fully saturated rings. The Morgan fingerprint density at radius 2 is 0.830 bits per heavy atom. The lowest BCUT2D eigenvalue weighted by atomic mass is 9.94. The molecular weight excluding hydrogens is 647 g/mol. The maximum Gasteiger partial charge on any atom is 0.164 e. The number of hydrogen-bond donors (Lipinski definition) is 0. The predicted octanol–water partition coefficient (Wildman–Crippen LogP) is 12.9. The van der Waals surface area contributed by atoms with Gasteiger partial charge in [-0.2, -0.15) is 0 Å². The van der Waals surface area contributed by atoms with E-state index >= 15 is 0 Å². The monoisotopic (exact) mass is 675 g/mol. The summed E-state index contributed by atoms with van der Waals surface area (Å²) in [6, 6.07) is 61.5. The fourth-order valence-electron chi connectivity index (χ4n) is 8.04. The van der Waals surface area contributed by atoms with Crippen molar-refractivity contribution in [1.82, 2.24) is 15.0 Å². The van der Waals surface area contributed by atoms with Crippen molar-refractivity contribution in [3.63, 3.8) is 0 Å². The number of furan rings is 1. The molecule has 0 N–H and O–H groups in total. The highest BCUT2D eigenvalue weighted by atomic mass is 16.3. The first-order valence-electron chi connectivity index (χ1n) is 17.9. The van der Waals surface area contributed by atoms with Crippen molar-refractivity contribution in [1.29, 1.82) is 0 Å². The number of para-hydroxylation sites is 1. The van der Waals surface area contributed by atoms with Gasteiger partial charge in [-0.25, -0.2) is 15.0 Å². The van der Waals surface area contributed by atoms with E-state index in [9.17, 15) is 0 Å². The first-order chi connectivity index (χ1) is 26.3. The summed E-state index contributed by atoms with van der Waals surface area (Å²) < 4.78 is 6.26. The van der Waals surface area contributed by atoms with Gasteiger partial charge in [0.05, 0.1) is 0 Å². The molecule has 53 heavy (non-hydrogen) atoms. The van der Waals surface area contributed by atoms with Crippen molar-refractivity contribution in [2.75, 3.05) is 0 Å². The third-order valence-electron chi connectivity index (χ3n) is 10.5. The van der Waals surface area contributed by atoms with Crippen LogP contribution in [0.3, 0.4) is 0 Å². The Morgan fingerprint density at radius 1 is 0.283 bits per heavy atom. The zero-order chi connectivity index (χ0) is 34.9. The third kappa shape index (κ3) is 4.73. The maximum atomic E-state index is 6.26. The first kappa shape index (κ1) is 29.5. The Labute approximate surface area is 305 Å². The van der Waals surface area contributed by atoms with Crippen molar-refractivity contribution in [3.8, 4) is 78.7 Å². The second-order valence-electron chi connectivity index (χ2n) is 13.5. The van der Waals surface area contributed by atoms with E-state index in [1.165, 1.54) is 38.6 Å². The molecule has 0 saturated carbocycles. The lowest BCUT2D eigenvalue weighted by Crippen LogP contribution is -2.00. The molecule has 0 radical (unpaired) electrons. The first-order valence-corrected chi connectivity index (χ1v) is 17.9. The molecule has 0 atom stereocenters. The van der Waals surface area contributed by atoms with Gasteiger partial charge in [0, 0.05) is 27.5 Å². The number of aromatic nitrogens is 3. The molecule has 11 rings (SSSR count). The second-order valence-corrected chi connectivity index (χ2v) is 13.5. The lowest BCUT2D eigenvalue weighted by molar-refractivity contribution is 0.669. The molecular formula is C49H29N3O. The summed E-state index contributed by atoms with van der Waals surface area (Å²) in [6.07, 6.45) is 0. The van der Waals surface area contributed by atoms with E-state index in [4.69, 9.17) is 19.4 Å². The van der Waals surface area contributed by atoms with Crippen LogP contribution in [0, 0.1) is 0 Å². The number of benzene rings is 8. The standard InChI is InChI=1S/C49H29N3O/c1-2-11-30(12-3-1)33-13-8-14-34(29-33)48-50-47(51-49(52-48)42-20-10-22-44-46(42)41-17-6-7-21-43(41)53-44)32-25-23-31(24-26-32)35-27-28-40-37-16-5-4-15-36(37)39-19-9-18-38(35)45(39)40/h1-29H. The van der Waals surface area contributed by atoms with Gasteiger partial charge < -0.3 is 4.42 Å². The van der Waals surface area contributed by atoms with Gasteiger partial charge in [0.15, 0.2) is 17.5 Å². The van der Waals surface area contributed by atoms with Crippen molar-refractivity contribution in [2.45, 2.75) is 0 Å². The second kappa shape index (κ2) is 11.7. The minimum absolute atomic E-state index is 0.600. The average molecular weight is 676 g/mol. The van der Waals surface area contributed by atoms with E-state index in [1.807, 2.05) is 36.4 Å². The number of rotatable bonds is 5. The normalized spacial score (nSPS) is 11.8. The van der Waals surface area contributed by atoms with E-state index in [0.717, 1.165) is 55.3 Å². The van der Waals surface area contributed by atoms with Crippen LogP contribution >= 0.6 is 0 Å². The predicted molar refractivity (Wildman–Crippen MR) is 216 cm³/mol. The summed E-state index contributed by atoms with van der Waals surface area (Å²) in [7, 11) is 0. The average Bonchev–Trinajstić information content (AvgIpc) is 3.78. The summed E-state index contributed by atoms with van der Waals surface area (Å²) in [5.74, 6) is 1.83. The van der Waals surface area contributed by atoms with Crippen molar-refractivity contribution in [3.05, 3.63) is 176 Å². The van der Waals surface area contributed by atoms with Gasteiger partial charge in [-0.1, -0.05) is 158 Å². The molecule has 2 aromatic heterocycles. The van der Waals surface area contributed by atoms with Gasteiger partial charge in [-0.05, 0) is 73.5 Å². The Morgan fingerprint density at radius 3 is 1.68 bits per heavy atom. The molecule has 10 aromatic rings. The van der Waals surface area contributed by atoms with E-state index in [0.29, 0.717) is 17.5 Å². The van der Waals surface area contributed by atoms with Gasteiger partial charge in [0.25, 0.3) is 0 Å². The third-order valence-corrected chi connectivity index (χ3v) is 10.5. The fourth-order valence-corrected chi connectivity index (χ4v) is 8.04. The van der Waals surface area contributed by atoms with Gasteiger partial charge in [-0.3, -0.25) is 0 Å². The zero-order valence-electron chi connectivity index (χ0n) is 28.5. The molecule has 0 unspecified atom stereocenters. The van der Waals surface area contributed by atoms with Crippen LogP contribution in [0.1, 0.15) is 0 Å². The molecule has 2 heterocycles. The van der Waals surface area contributed by atoms with Gasteiger partial charge in [0.2, 0.25) is 0 Å². The van der Waals surface area contributed by atoms with Crippen LogP contribution in [0.4, 0.5) is 0 Å². The van der Waals surface area contributed by atoms with E-state index in [-0.39, 0.29) is 0 Å². The summed E-state index contributed by atoms with van der Waals surface area (Å²) in [4.78, 5) is 15.4. The molecule has 0 amide bonds. The van der Waals surface area contributed by atoms with Crippen molar-refractivity contribution in [2.24, 2.45) is 0 Å². The van der Waals surface area contributed by atoms with Crippen LogP contribution in [0.15, 0.2) is 180 Å². The van der Waals surface area contributed by atoms with Gasteiger partial charge in [0.1, 0.15) is 11.2 Å². The molecule has 4 heteroatoms. The van der Waals surface area contributed by atoms with Crippen LogP contribution in [-0.2, 0) is 0 Å². The highest BCUT2D eigenvalue weighted by Crippen LogP contribution is 2.49. The minimum atomic E-state index is 0.600. The summed E-state index contributed by atoms with van der Waals surface area (Å²) >= 11 is 0.